The van der Waals surface area contributed by atoms with Gasteiger partial charge in [0.05, 0.1) is 24.3 Å². The minimum atomic E-state index is -1.94. The maximum Gasteiger partial charge on any atom is 0.498 e. The third-order valence-corrected chi connectivity index (χ3v) is 6.27. The Labute approximate surface area is 161 Å². The molecular weight excluding hydrogens is 365 g/mol. The number of rotatable bonds is 4. The van der Waals surface area contributed by atoms with Crippen molar-refractivity contribution in [3.8, 4) is 0 Å². The molecule has 0 unspecified atom stereocenters. The van der Waals surface area contributed by atoms with Crippen LogP contribution < -0.4 is 5.46 Å². The van der Waals surface area contributed by atoms with Crippen LogP contribution in [0.5, 0.6) is 0 Å². The van der Waals surface area contributed by atoms with Gasteiger partial charge in [-0.1, -0.05) is 0 Å². The predicted molar refractivity (Wildman–Crippen MR) is 103 cm³/mol. The van der Waals surface area contributed by atoms with E-state index in [-0.39, 0.29) is 13.1 Å². The molecule has 27 heavy (non-hydrogen) atoms. The lowest BCUT2D eigenvalue weighted by Crippen LogP contribution is -2.65. The van der Waals surface area contributed by atoms with Crippen molar-refractivity contribution in [2.24, 2.45) is 0 Å². The third-order valence-electron chi connectivity index (χ3n) is 5.27. The molecule has 148 valence electrons. The van der Waals surface area contributed by atoms with Crippen LogP contribution in [0.25, 0.3) is 0 Å². The molecule has 2 aliphatic heterocycles. The van der Waals surface area contributed by atoms with Crippen LogP contribution >= 0.6 is 0 Å². The highest BCUT2D eigenvalue weighted by molar-refractivity contribution is 6.69. The molecular formula is C17H28BN3O5Si. The topological polar surface area (TPSA) is 94.0 Å². The van der Waals surface area contributed by atoms with Crippen LogP contribution in [0.1, 0.15) is 33.5 Å². The molecule has 3 rings (SSSR count). The molecule has 2 fully saturated rings. The summed E-state index contributed by atoms with van der Waals surface area (Å²) in [5.74, 6) is 0.502. The predicted octanol–water partition coefficient (Wildman–Crippen LogP) is 1.82. The van der Waals surface area contributed by atoms with E-state index in [4.69, 9.17) is 13.7 Å². The van der Waals surface area contributed by atoms with Gasteiger partial charge in [0, 0.05) is 17.9 Å². The molecule has 0 saturated carbocycles. The molecule has 2 aliphatic rings. The molecule has 0 radical (unpaired) electrons. The molecule has 1 aromatic heterocycles. The van der Waals surface area contributed by atoms with Gasteiger partial charge in [0.2, 0.25) is 0 Å². The summed E-state index contributed by atoms with van der Waals surface area (Å²) in [5.41, 5.74) is -0.921. The van der Waals surface area contributed by atoms with Gasteiger partial charge in [-0.25, -0.2) is 14.8 Å². The zero-order chi connectivity index (χ0) is 20.3. The Kier molecular flexibility index (Phi) is 4.70. The van der Waals surface area contributed by atoms with Crippen LogP contribution in [0.3, 0.4) is 0 Å². The van der Waals surface area contributed by atoms with E-state index in [0.717, 1.165) is 5.46 Å². The highest BCUT2D eigenvalue weighted by Gasteiger charge is 2.54. The third kappa shape index (κ3) is 3.76. The standard InChI is InChI=1S/C17H28BN3O5Si/c1-15(2)16(3,4)25-18(24-15)12-8-19-13(20-9-12)17(26-27(5,6)7)10-21(11-17)14(22)23/h8-9H,10-11H2,1-7H3,(H,22,23). The van der Waals surface area contributed by atoms with E-state index in [0.29, 0.717) is 5.82 Å². The molecule has 2 saturated heterocycles. The van der Waals surface area contributed by atoms with E-state index in [1.807, 2.05) is 27.7 Å². The number of amides is 1. The molecule has 10 heteroatoms. The first-order chi connectivity index (χ1) is 12.2. The molecule has 0 atom stereocenters. The minimum absolute atomic E-state index is 0.239. The molecule has 3 heterocycles. The Bertz CT molecular complexity index is 713. The van der Waals surface area contributed by atoms with Gasteiger partial charge in [-0.15, -0.1) is 0 Å². The van der Waals surface area contributed by atoms with Crippen LogP contribution in [-0.4, -0.2) is 65.8 Å². The first-order valence-corrected chi connectivity index (χ1v) is 12.5. The van der Waals surface area contributed by atoms with E-state index in [1.165, 1.54) is 4.90 Å². The summed E-state index contributed by atoms with van der Waals surface area (Å²) in [7, 11) is -2.47. The summed E-state index contributed by atoms with van der Waals surface area (Å²) in [6, 6.07) is 0. The summed E-state index contributed by atoms with van der Waals surface area (Å²) in [6.07, 6.45) is 2.41. The molecule has 1 amide bonds. The van der Waals surface area contributed by atoms with Crippen LogP contribution in [0.4, 0.5) is 4.79 Å². The number of hydrogen-bond donors (Lipinski definition) is 1. The lowest BCUT2D eigenvalue weighted by atomic mass is 9.81. The number of carboxylic acid groups (broad SMARTS) is 1. The van der Waals surface area contributed by atoms with Gasteiger partial charge in [0.25, 0.3) is 0 Å². The Morgan fingerprint density at radius 2 is 1.63 bits per heavy atom. The SMILES string of the molecule is CC1(C)OB(c2cnc(C3(O[Si](C)(C)C)CN(C(=O)O)C3)nc2)OC1(C)C. The summed E-state index contributed by atoms with van der Waals surface area (Å²) >= 11 is 0. The number of carbonyl (C=O) groups is 1. The van der Waals surface area contributed by atoms with Crippen molar-refractivity contribution in [1.29, 1.82) is 0 Å². The summed E-state index contributed by atoms with van der Waals surface area (Å²) < 4.78 is 18.4. The lowest BCUT2D eigenvalue weighted by molar-refractivity contribution is -0.0813. The zero-order valence-corrected chi connectivity index (χ0v) is 18.1. The highest BCUT2D eigenvalue weighted by Crippen LogP contribution is 2.38. The molecule has 1 N–H and O–H groups in total. The van der Waals surface area contributed by atoms with E-state index in [2.05, 4.69) is 29.6 Å². The zero-order valence-electron chi connectivity index (χ0n) is 17.1. The van der Waals surface area contributed by atoms with Crippen LogP contribution in [-0.2, 0) is 19.3 Å². The fourth-order valence-electron chi connectivity index (χ4n) is 3.22. The Hall–Kier alpha value is -1.49. The van der Waals surface area contributed by atoms with Gasteiger partial charge in [-0.3, -0.25) is 0 Å². The van der Waals surface area contributed by atoms with Crippen molar-refractivity contribution in [3.05, 3.63) is 18.2 Å². The Balaban J connectivity index is 1.82. The number of likely N-dealkylation sites (tertiary alicyclic amines) is 1. The fourth-order valence-corrected chi connectivity index (χ4v) is 4.61. The first-order valence-electron chi connectivity index (χ1n) is 9.11. The van der Waals surface area contributed by atoms with Crippen LogP contribution in [0.15, 0.2) is 12.4 Å². The maximum atomic E-state index is 11.2. The van der Waals surface area contributed by atoms with Crippen molar-refractivity contribution in [2.45, 2.75) is 64.1 Å². The van der Waals surface area contributed by atoms with E-state index >= 15 is 0 Å². The average Bonchev–Trinajstić information content (AvgIpc) is 2.70. The molecule has 0 aliphatic carbocycles. The van der Waals surface area contributed by atoms with E-state index in [1.54, 1.807) is 12.4 Å². The van der Waals surface area contributed by atoms with Gasteiger partial charge in [0.15, 0.2) is 19.7 Å². The maximum absolute atomic E-state index is 11.2. The minimum Gasteiger partial charge on any atom is -0.465 e. The monoisotopic (exact) mass is 393 g/mol. The van der Waals surface area contributed by atoms with Crippen molar-refractivity contribution in [1.82, 2.24) is 14.9 Å². The number of nitrogens with zero attached hydrogens (tertiary/aromatic N) is 3. The summed E-state index contributed by atoms with van der Waals surface area (Å²) in [6.45, 7) is 14.7. The largest absolute Gasteiger partial charge is 0.498 e. The quantitative estimate of drug-likeness (QED) is 0.780. The fraction of sp³-hybridized carbons (Fsp3) is 0.706. The number of hydrogen-bond acceptors (Lipinski definition) is 6. The first kappa shape index (κ1) is 20.3. The normalized spacial score (nSPS) is 23.2. The Morgan fingerprint density at radius 3 is 2.04 bits per heavy atom. The molecule has 8 nitrogen and oxygen atoms in total. The van der Waals surface area contributed by atoms with Gasteiger partial charge in [0.1, 0.15) is 0 Å². The molecule has 0 bridgehead atoms. The van der Waals surface area contributed by atoms with Gasteiger partial charge in [-0.2, -0.15) is 0 Å². The molecule has 0 spiro atoms. The summed E-state index contributed by atoms with van der Waals surface area (Å²) in [4.78, 5) is 21.5. The van der Waals surface area contributed by atoms with Crippen molar-refractivity contribution >= 4 is 27.0 Å². The number of aromatic nitrogens is 2. The molecule has 1 aromatic rings. The second-order valence-corrected chi connectivity index (χ2v) is 13.7. The smallest absolute Gasteiger partial charge is 0.465 e. The Morgan fingerprint density at radius 1 is 1.15 bits per heavy atom. The van der Waals surface area contributed by atoms with E-state index in [9.17, 15) is 9.90 Å². The summed E-state index contributed by atoms with van der Waals surface area (Å²) in [5, 5.41) is 9.20. The van der Waals surface area contributed by atoms with E-state index < -0.39 is 38.3 Å². The average molecular weight is 393 g/mol. The van der Waals surface area contributed by atoms with Gasteiger partial charge >= 0.3 is 13.2 Å². The van der Waals surface area contributed by atoms with Crippen molar-refractivity contribution < 1.29 is 23.6 Å². The van der Waals surface area contributed by atoms with Gasteiger partial charge in [-0.05, 0) is 47.3 Å². The molecule has 0 aromatic carbocycles. The highest BCUT2D eigenvalue weighted by atomic mass is 28.4. The second-order valence-electron chi connectivity index (χ2n) is 9.28. The van der Waals surface area contributed by atoms with Crippen LogP contribution in [0, 0.1) is 0 Å². The van der Waals surface area contributed by atoms with Crippen molar-refractivity contribution in [2.75, 3.05) is 13.1 Å². The van der Waals surface area contributed by atoms with Crippen molar-refractivity contribution in [3.63, 3.8) is 0 Å². The van der Waals surface area contributed by atoms with Gasteiger partial charge < -0.3 is 23.7 Å². The lowest BCUT2D eigenvalue weighted by Gasteiger charge is -2.49. The second kappa shape index (κ2) is 6.26. The van der Waals surface area contributed by atoms with Crippen LogP contribution in [0.2, 0.25) is 19.6 Å².